The minimum absolute atomic E-state index is 0.133. The third-order valence-electron chi connectivity index (χ3n) is 6.09. The van der Waals surface area contributed by atoms with Gasteiger partial charge in [0.15, 0.2) is 0 Å². The van der Waals surface area contributed by atoms with Gasteiger partial charge in [0.2, 0.25) is 0 Å². The predicted octanol–water partition coefficient (Wildman–Crippen LogP) is 4.68. The van der Waals surface area contributed by atoms with E-state index in [-0.39, 0.29) is 11.9 Å². The van der Waals surface area contributed by atoms with Crippen LogP contribution in [0.1, 0.15) is 40.1 Å². The Morgan fingerprint density at radius 1 is 1.11 bits per heavy atom. The average Bonchev–Trinajstić information content (AvgIpc) is 3.16. The van der Waals surface area contributed by atoms with E-state index in [1.807, 2.05) is 95.1 Å². The molecule has 0 unspecified atom stereocenters. The summed E-state index contributed by atoms with van der Waals surface area (Å²) < 4.78 is 7.69. The largest absolute Gasteiger partial charge is 0.492 e. The van der Waals surface area contributed by atoms with Gasteiger partial charge >= 0.3 is 0 Å². The fourth-order valence-electron chi connectivity index (χ4n) is 4.18. The zero-order valence-electron chi connectivity index (χ0n) is 21.3. The van der Waals surface area contributed by atoms with Crippen LogP contribution in [0, 0.1) is 13.8 Å². The van der Waals surface area contributed by atoms with Gasteiger partial charge in [0.05, 0.1) is 28.6 Å². The number of carbonyl (C=O) groups is 1. The summed E-state index contributed by atoms with van der Waals surface area (Å²) >= 11 is 0. The lowest BCUT2D eigenvalue weighted by Gasteiger charge is -2.19. The van der Waals surface area contributed by atoms with E-state index in [9.17, 15) is 4.79 Å². The fraction of sp³-hybridized carbons (Fsp3) is 0.321. The Kier molecular flexibility index (Phi) is 7.17. The quantitative estimate of drug-likeness (QED) is 0.404. The molecular weight excluding hydrogens is 438 g/mol. The number of aromatic nitrogens is 3. The van der Waals surface area contributed by atoms with Crippen molar-refractivity contribution in [2.45, 2.75) is 26.8 Å². The van der Waals surface area contributed by atoms with Crippen LogP contribution in [0.2, 0.25) is 0 Å². The molecule has 0 bridgehead atoms. The van der Waals surface area contributed by atoms with E-state index < -0.39 is 0 Å². The maximum absolute atomic E-state index is 13.3. The van der Waals surface area contributed by atoms with E-state index in [0.717, 1.165) is 45.7 Å². The third kappa shape index (κ3) is 5.52. The van der Waals surface area contributed by atoms with Crippen molar-refractivity contribution in [3.63, 3.8) is 0 Å². The second-order valence-corrected chi connectivity index (χ2v) is 9.23. The Hall–Kier alpha value is -3.71. The third-order valence-corrected chi connectivity index (χ3v) is 6.09. The van der Waals surface area contributed by atoms with Crippen molar-refractivity contribution in [1.82, 2.24) is 25.0 Å². The number of ether oxygens (including phenoxy) is 1. The van der Waals surface area contributed by atoms with Crippen LogP contribution in [0.3, 0.4) is 0 Å². The van der Waals surface area contributed by atoms with Crippen molar-refractivity contribution in [1.29, 1.82) is 0 Å². The van der Waals surface area contributed by atoms with Crippen LogP contribution in [0.25, 0.3) is 22.3 Å². The molecule has 0 aliphatic heterocycles. The lowest BCUT2D eigenvalue weighted by molar-refractivity contribution is 0.0939. The molecule has 0 aliphatic rings. The number of amides is 1. The Morgan fingerprint density at radius 3 is 2.60 bits per heavy atom. The second kappa shape index (κ2) is 10.3. The van der Waals surface area contributed by atoms with E-state index in [0.29, 0.717) is 17.9 Å². The number of carbonyl (C=O) groups excluding carboxylic acids is 1. The zero-order chi connectivity index (χ0) is 25.1. The Balaban J connectivity index is 1.63. The SMILES string of the molecule is Cc1cc(-c2cc([C@@H](C)NC(=O)c3cc(OCCN(C)C)ccc3C)c3ccccc3n2)n(C)n1. The standard InChI is InChI=1S/C28H33N5O2/c1-18-11-12-21(35-14-13-32(4)5)16-23(18)28(34)29-20(3)24-17-26(27-15-19(2)31-33(27)6)30-25-10-8-7-9-22(24)25/h7-12,15-17,20H,13-14H2,1-6H3,(H,29,34)/t20-/m1/s1. The smallest absolute Gasteiger partial charge is 0.252 e. The number of hydrogen-bond acceptors (Lipinski definition) is 5. The summed E-state index contributed by atoms with van der Waals surface area (Å²) in [5.41, 5.74) is 6.10. The highest BCUT2D eigenvalue weighted by Gasteiger charge is 2.19. The Labute approximate surface area is 206 Å². The zero-order valence-corrected chi connectivity index (χ0v) is 21.3. The molecule has 2 heterocycles. The van der Waals surface area contributed by atoms with E-state index in [1.165, 1.54) is 0 Å². The van der Waals surface area contributed by atoms with Crippen LogP contribution < -0.4 is 10.1 Å². The van der Waals surface area contributed by atoms with Gasteiger partial charge in [-0.2, -0.15) is 5.10 Å². The van der Waals surface area contributed by atoms with Crippen LogP contribution in [0.5, 0.6) is 5.75 Å². The molecule has 4 rings (SSSR count). The molecule has 0 fully saturated rings. The molecule has 1 N–H and O–H groups in total. The number of para-hydroxylation sites is 1. The van der Waals surface area contributed by atoms with E-state index in [1.54, 1.807) is 0 Å². The molecule has 0 spiro atoms. The summed E-state index contributed by atoms with van der Waals surface area (Å²) in [6.45, 7) is 7.28. The first-order valence-corrected chi connectivity index (χ1v) is 11.8. The number of pyridine rings is 1. The summed E-state index contributed by atoms with van der Waals surface area (Å²) in [5, 5.41) is 8.68. The lowest BCUT2D eigenvalue weighted by Crippen LogP contribution is -2.27. The molecule has 0 saturated carbocycles. The summed E-state index contributed by atoms with van der Waals surface area (Å²) in [7, 11) is 5.92. The van der Waals surface area contributed by atoms with Crippen LogP contribution in [0.15, 0.2) is 54.6 Å². The summed E-state index contributed by atoms with van der Waals surface area (Å²) in [6.07, 6.45) is 0. The number of benzene rings is 2. The van der Waals surface area contributed by atoms with Gasteiger partial charge in [-0.25, -0.2) is 4.98 Å². The molecule has 7 nitrogen and oxygen atoms in total. The second-order valence-electron chi connectivity index (χ2n) is 9.23. The first-order valence-electron chi connectivity index (χ1n) is 11.8. The van der Waals surface area contributed by atoms with Gasteiger partial charge in [-0.3, -0.25) is 9.48 Å². The molecule has 0 aliphatic carbocycles. The average molecular weight is 472 g/mol. The van der Waals surface area contributed by atoms with Gasteiger partial charge in [-0.05, 0) is 76.3 Å². The predicted molar refractivity (Wildman–Crippen MR) is 140 cm³/mol. The maximum atomic E-state index is 13.3. The normalized spacial score (nSPS) is 12.2. The Morgan fingerprint density at radius 2 is 1.89 bits per heavy atom. The molecule has 1 amide bonds. The van der Waals surface area contributed by atoms with E-state index in [4.69, 9.17) is 9.72 Å². The molecule has 2 aromatic heterocycles. The molecular formula is C28H33N5O2. The van der Waals surface area contributed by atoms with Crippen LogP contribution >= 0.6 is 0 Å². The Bertz CT molecular complexity index is 1360. The number of nitrogens with one attached hydrogen (secondary N) is 1. The fourth-order valence-corrected chi connectivity index (χ4v) is 4.18. The minimum atomic E-state index is -0.235. The van der Waals surface area contributed by atoms with Crippen LogP contribution in [0.4, 0.5) is 0 Å². The van der Waals surface area contributed by atoms with Gasteiger partial charge < -0.3 is 15.0 Å². The van der Waals surface area contributed by atoms with Gasteiger partial charge in [-0.1, -0.05) is 24.3 Å². The maximum Gasteiger partial charge on any atom is 0.252 e. The van der Waals surface area contributed by atoms with Gasteiger partial charge in [0, 0.05) is 24.5 Å². The van der Waals surface area contributed by atoms with Crippen molar-refractivity contribution < 1.29 is 9.53 Å². The molecule has 1 atom stereocenters. The number of hydrogen-bond donors (Lipinski definition) is 1. The van der Waals surface area contributed by atoms with Crippen molar-refractivity contribution >= 4 is 16.8 Å². The van der Waals surface area contributed by atoms with Crippen LogP contribution in [-0.4, -0.2) is 52.8 Å². The van der Waals surface area contributed by atoms with E-state index >= 15 is 0 Å². The van der Waals surface area contributed by atoms with Crippen molar-refractivity contribution in [2.24, 2.45) is 7.05 Å². The molecule has 2 aromatic carbocycles. The van der Waals surface area contributed by atoms with Gasteiger partial charge in [0.25, 0.3) is 5.91 Å². The number of likely N-dealkylation sites (N-methyl/N-ethyl adjacent to an activating group) is 1. The highest BCUT2D eigenvalue weighted by Crippen LogP contribution is 2.29. The topological polar surface area (TPSA) is 72.3 Å². The first kappa shape index (κ1) is 24.4. The number of rotatable bonds is 8. The number of aryl methyl sites for hydroxylation is 3. The van der Waals surface area contributed by atoms with Crippen molar-refractivity contribution in [2.75, 3.05) is 27.2 Å². The van der Waals surface area contributed by atoms with Gasteiger partial charge in [-0.15, -0.1) is 0 Å². The van der Waals surface area contributed by atoms with Crippen molar-refractivity contribution in [3.05, 3.63) is 77.0 Å². The number of nitrogens with zero attached hydrogens (tertiary/aromatic N) is 4. The summed E-state index contributed by atoms with van der Waals surface area (Å²) in [5.74, 6) is 0.561. The highest BCUT2D eigenvalue weighted by molar-refractivity contribution is 5.96. The summed E-state index contributed by atoms with van der Waals surface area (Å²) in [4.78, 5) is 20.3. The minimum Gasteiger partial charge on any atom is -0.492 e. The molecule has 35 heavy (non-hydrogen) atoms. The first-order chi connectivity index (χ1) is 16.7. The molecule has 0 saturated heterocycles. The van der Waals surface area contributed by atoms with Crippen molar-refractivity contribution in [3.8, 4) is 17.1 Å². The molecule has 7 heteroatoms. The highest BCUT2D eigenvalue weighted by atomic mass is 16.5. The van der Waals surface area contributed by atoms with Crippen LogP contribution in [-0.2, 0) is 7.05 Å². The molecule has 182 valence electrons. The monoisotopic (exact) mass is 471 g/mol. The van der Waals surface area contributed by atoms with E-state index in [2.05, 4.69) is 21.4 Å². The van der Waals surface area contributed by atoms with Gasteiger partial charge in [0.1, 0.15) is 12.4 Å². The summed E-state index contributed by atoms with van der Waals surface area (Å²) in [6, 6.07) is 17.5. The molecule has 0 radical (unpaired) electrons. The lowest BCUT2D eigenvalue weighted by atomic mass is 10.00. The molecule has 4 aromatic rings. The number of fused-ring (bicyclic) bond motifs is 1.